The summed E-state index contributed by atoms with van der Waals surface area (Å²) in [5.41, 5.74) is 0. The smallest absolute Gasteiger partial charge is 0.159 e. The summed E-state index contributed by atoms with van der Waals surface area (Å²) in [6, 6.07) is 0.575. The predicted molar refractivity (Wildman–Crippen MR) is 68.9 cm³/mol. The Morgan fingerprint density at radius 2 is 2.00 bits per heavy atom. The average Bonchev–Trinajstić information content (AvgIpc) is 2.81. The SMILES string of the molecule is CCNC(CC1OCCO1)C1CCCC(C)C1. The molecule has 3 atom stereocenters. The Labute approximate surface area is 105 Å². The molecule has 1 heterocycles. The lowest BCUT2D eigenvalue weighted by Crippen LogP contribution is -2.41. The second kappa shape index (κ2) is 6.72. The van der Waals surface area contributed by atoms with E-state index >= 15 is 0 Å². The zero-order valence-corrected chi connectivity index (χ0v) is 11.3. The quantitative estimate of drug-likeness (QED) is 0.802. The van der Waals surface area contributed by atoms with E-state index in [4.69, 9.17) is 9.47 Å². The molecule has 0 radical (unpaired) electrons. The largest absolute Gasteiger partial charge is 0.350 e. The molecule has 17 heavy (non-hydrogen) atoms. The molecule has 0 aromatic carbocycles. The van der Waals surface area contributed by atoms with Crippen LogP contribution in [0.1, 0.15) is 46.0 Å². The molecular formula is C14H27NO2. The molecule has 100 valence electrons. The lowest BCUT2D eigenvalue weighted by atomic mass is 9.77. The monoisotopic (exact) mass is 241 g/mol. The van der Waals surface area contributed by atoms with Gasteiger partial charge in [-0.25, -0.2) is 0 Å². The number of rotatable bonds is 5. The molecular weight excluding hydrogens is 214 g/mol. The van der Waals surface area contributed by atoms with Gasteiger partial charge >= 0.3 is 0 Å². The van der Waals surface area contributed by atoms with E-state index in [1.807, 2.05) is 0 Å². The van der Waals surface area contributed by atoms with E-state index in [1.165, 1.54) is 25.7 Å². The summed E-state index contributed by atoms with van der Waals surface area (Å²) >= 11 is 0. The summed E-state index contributed by atoms with van der Waals surface area (Å²) < 4.78 is 11.2. The first-order valence-corrected chi connectivity index (χ1v) is 7.26. The summed E-state index contributed by atoms with van der Waals surface area (Å²) in [5, 5.41) is 3.64. The van der Waals surface area contributed by atoms with E-state index in [9.17, 15) is 0 Å². The van der Waals surface area contributed by atoms with Crippen LogP contribution >= 0.6 is 0 Å². The molecule has 2 fully saturated rings. The fourth-order valence-corrected chi connectivity index (χ4v) is 3.30. The Bertz CT molecular complexity index is 216. The second-order valence-corrected chi connectivity index (χ2v) is 5.60. The highest BCUT2D eigenvalue weighted by atomic mass is 16.7. The van der Waals surface area contributed by atoms with Crippen molar-refractivity contribution in [2.45, 2.75) is 58.3 Å². The molecule has 0 aromatic rings. The van der Waals surface area contributed by atoms with Gasteiger partial charge in [0.1, 0.15) is 0 Å². The Kier molecular flexibility index (Phi) is 5.26. The van der Waals surface area contributed by atoms with Crippen molar-refractivity contribution in [2.75, 3.05) is 19.8 Å². The zero-order valence-electron chi connectivity index (χ0n) is 11.3. The molecule has 1 saturated heterocycles. The number of hydrogen-bond donors (Lipinski definition) is 1. The van der Waals surface area contributed by atoms with Crippen LogP contribution in [-0.2, 0) is 9.47 Å². The number of hydrogen-bond acceptors (Lipinski definition) is 3. The fourth-order valence-electron chi connectivity index (χ4n) is 3.30. The highest BCUT2D eigenvalue weighted by Gasteiger charge is 2.29. The second-order valence-electron chi connectivity index (χ2n) is 5.60. The van der Waals surface area contributed by atoms with Crippen LogP contribution in [0.2, 0.25) is 0 Å². The molecule has 1 aliphatic heterocycles. The van der Waals surface area contributed by atoms with Gasteiger partial charge in [0.15, 0.2) is 6.29 Å². The molecule has 3 heteroatoms. The van der Waals surface area contributed by atoms with Crippen LogP contribution in [0.3, 0.4) is 0 Å². The summed E-state index contributed by atoms with van der Waals surface area (Å²) in [6.45, 7) is 7.16. The van der Waals surface area contributed by atoms with Gasteiger partial charge in [0.25, 0.3) is 0 Å². The summed E-state index contributed by atoms with van der Waals surface area (Å²) in [7, 11) is 0. The molecule has 3 unspecified atom stereocenters. The molecule has 0 spiro atoms. The van der Waals surface area contributed by atoms with Crippen molar-refractivity contribution in [3.8, 4) is 0 Å². The molecule has 1 N–H and O–H groups in total. The third-order valence-electron chi connectivity index (χ3n) is 4.15. The van der Waals surface area contributed by atoms with Crippen LogP contribution < -0.4 is 5.32 Å². The summed E-state index contributed by atoms with van der Waals surface area (Å²) in [6.07, 6.45) is 6.59. The van der Waals surface area contributed by atoms with Gasteiger partial charge in [0, 0.05) is 12.5 Å². The Balaban J connectivity index is 1.85. The highest BCUT2D eigenvalue weighted by Crippen LogP contribution is 2.32. The van der Waals surface area contributed by atoms with Gasteiger partial charge in [-0.3, -0.25) is 0 Å². The molecule has 1 aliphatic carbocycles. The highest BCUT2D eigenvalue weighted by molar-refractivity contribution is 4.82. The molecule has 2 rings (SSSR count). The van der Waals surface area contributed by atoms with Crippen molar-refractivity contribution in [1.29, 1.82) is 0 Å². The minimum Gasteiger partial charge on any atom is -0.350 e. The first kappa shape index (κ1) is 13.3. The van der Waals surface area contributed by atoms with E-state index in [0.29, 0.717) is 6.04 Å². The summed E-state index contributed by atoms with van der Waals surface area (Å²) in [5.74, 6) is 1.70. The maximum Gasteiger partial charge on any atom is 0.159 e. The van der Waals surface area contributed by atoms with Crippen LogP contribution in [0.4, 0.5) is 0 Å². The normalized spacial score (nSPS) is 32.8. The van der Waals surface area contributed by atoms with Crippen molar-refractivity contribution in [2.24, 2.45) is 11.8 Å². The van der Waals surface area contributed by atoms with Crippen molar-refractivity contribution >= 4 is 0 Å². The van der Waals surface area contributed by atoms with Gasteiger partial charge in [-0.1, -0.05) is 26.7 Å². The van der Waals surface area contributed by atoms with Gasteiger partial charge < -0.3 is 14.8 Å². The first-order chi connectivity index (χ1) is 8.29. The van der Waals surface area contributed by atoms with Crippen molar-refractivity contribution in [1.82, 2.24) is 5.32 Å². The maximum atomic E-state index is 5.59. The summed E-state index contributed by atoms with van der Waals surface area (Å²) in [4.78, 5) is 0. The molecule has 1 saturated carbocycles. The standard InChI is InChI=1S/C14H27NO2/c1-3-15-13(10-14-16-7-8-17-14)12-6-4-5-11(2)9-12/h11-15H,3-10H2,1-2H3. The lowest BCUT2D eigenvalue weighted by molar-refractivity contribution is -0.0581. The van der Waals surface area contributed by atoms with E-state index in [2.05, 4.69) is 19.2 Å². The number of nitrogens with one attached hydrogen (secondary N) is 1. The predicted octanol–water partition coefficient (Wildman–Crippen LogP) is 2.55. The van der Waals surface area contributed by atoms with Crippen LogP contribution in [0.5, 0.6) is 0 Å². The fraction of sp³-hybridized carbons (Fsp3) is 1.00. The third-order valence-corrected chi connectivity index (χ3v) is 4.15. The average molecular weight is 241 g/mol. The van der Waals surface area contributed by atoms with Crippen molar-refractivity contribution in [3.63, 3.8) is 0 Å². The lowest BCUT2D eigenvalue weighted by Gasteiger charge is -2.34. The van der Waals surface area contributed by atoms with Gasteiger partial charge in [0.2, 0.25) is 0 Å². The Morgan fingerprint density at radius 1 is 1.24 bits per heavy atom. The van der Waals surface area contributed by atoms with E-state index in [-0.39, 0.29) is 6.29 Å². The van der Waals surface area contributed by atoms with Crippen molar-refractivity contribution in [3.05, 3.63) is 0 Å². The van der Waals surface area contributed by atoms with Gasteiger partial charge in [-0.05, 0) is 31.2 Å². The van der Waals surface area contributed by atoms with E-state index in [1.54, 1.807) is 0 Å². The first-order valence-electron chi connectivity index (χ1n) is 7.26. The minimum absolute atomic E-state index is 0.0382. The minimum atomic E-state index is 0.0382. The maximum absolute atomic E-state index is 5.59. The zero-order chi connectivity index (χ0) is 12.1. The van der Waals surface area contributed by atoms with Gasteiger partial charge in [-0.2, -0.15) is 0 Å². The number of ether oxygens (including phenoxy) is 2. The van der Waals surface area contributed by atoms with Crippen molar-refractivity contribution < 1.29 is 9.47 Å². The Hall–Kier alpha value is -0.120. The third kappa shape index (κ3) is 3.94. The van der Waals surface area contributed by atoms with Crippen LogP contribution in [-0.4, -0.2) is 32.1 Å². The Morgan fingerprint density at radius 3 is 2.65 bits per heavy atom. The molecule has 0 amide bonds. The van der Waals surface area contributed by atoms with Crippen LogP contribution in [0.25, 0.3) is 0 Å². The molecule has 0 aromatic heterocycles. The topological polar surface area (TPSA) is 30.5 Å². The van der Waals surface area contributed by atoms with Gasteiger partial charge in [-0.15, -0.1) is 0 Å². The van der Waals surface area contributed by atoms with Gasteiger partial charge in [0.05, 0.1) is 13.2 Å². The van der Waals surface area contributed by atoms with E-state index in [0.717, 1.165) is 38.0 Å². The molecule has 3 nitrogen and oxygen atoms in total. The molecule has 2 aliphatic rings. The van der Waals surface area contributed by atoms with Crippen LogP contribution in [0.15, 0.2) is 0 Å². The van der Waals surface area contributed by atoms with Crippen LogP contribution in [0, 0.1) is 11.8 Å². The molecule has 0 bridgehead atoms. The van der Waals surface area contributed by atoms with E-state index < -0.39 is 0 Å².